The number of carbonyl (C=O) groups is 1. The molecule has 0 heterocycles. The van der Waals surface area contributed by atoms with Gasteiger partial charge in [-0.05, 0) is 47.0 Å². The number of nitrogens with two attached hydrogens (primary N) is 1. The van der Waals surface area contributed by atoms with Crippen molar-refractivity contribution in [3.05, 3.63) is 28.2 Å². The third-order valence-corrected chi connectivity index (χ3v) is 2.65. The van der Waals surface area contributed by atoms with Crippen molar-refractivity contribution in [2.75, 3.05) is 0 Å². The molecular formula is C10H10BrNO2. The molecular weight excluding hydrogens is 246 g/mol. The Balaban J connectivity index is 2.21. The number of amides is 1. The van der Waals surface area contributed by atoms with Gasteiger partial charge < -0.3 is 10.5 Å². The van der Waals surface area contributed by atoms with Crippen LogP contribution in [0.25, 0.3) is 0 Å². The summed E-state index contributed by atoms with van der Waals surface area (Å²) in [5.74, 6) is 0.348. The SMILES string of the molecule is NC(=O)c1ccc(OC2CC2)c(Br)c1. The van der Waals surface area contributed by atoms with Crippen LogP contribution in [0.15, 0.2) is 22.7 Å². The van der Waals surface area contributed by atoms with Gasteiger partial charge in [0.1, 0.15) is 5.75 Å². The molecule has 14 heavy (non-hydrogen) atoms. The fraction of sp³-hybridized carbons (Fsp3) is 0.300. The number of halogens is 1. The maximum absolute atomic E-state index is 10.9. The normalized spacial score (nSPS) is 15.2. The molecule has 1 fully saturated rings. The van der Waals surface area contributed by atoms with Gasteiger partial charge in [0, 0.05) is 5.56 Å². The highest BCUT2D eigenvalue weighted by molar-refractivity contribution is 9.10. The first-order chi connectivity index (χ1) is 6.66. The second-order valence-electron chi connectivity index (χ2n) is 3.33. The first-order valence-corrected chi connectivity index (χ1v) is 5.22. The van der Waals surface area contributed by atoms with Gasteiger partial charge in [0.15, 0.2) is 0 Å². The highest BCUT2D eigenvalue weighted by Crippen LogP contribution is 2.32. The quantitative estimate of drug-likeness (QED) is 0.900. The summed E-state index contributed by atoms with van der Waals surface area (Å²) in [5, 5.41) is 0. The molecule has 3 nitrogen and oxygen atoms in total. The van der Waals surface area contributed by atoms with Crippen LogP contribution in [0.5, 0.6) is 5.75 Å². The van der Waals surface area contributed by atoms with Crippen molar-refractivity contribution in [1.29, 1.82) is 0 Å². The second kappa shape index (κ2) is 3.61. The van der Waals surface area contributed by atoms with Crippen LogP contribution >= 0.6 is 15.9 Å². The molecule has 0 bridgehead atoms. The Morgan fingerprint density at radius 2 is 2.21 bits per heavy atom. The van der Waals surface area contributed by atoms with Crippen LogP contribution in [-0.2, 0) is 0 Å². The van der Waals surface area contributed by atoms with E-state index in [1.807, 2.05) is 0 Å². The first kappa shape index (κ1) is 9.52. The number of carbonyl (C=O) groups excluding carboxylic acids is 1. The molecule has 2 N–H and O–H groups in total. The highest BCUT2D eigenvalue weighted by Gasteiger charge is 2.24. The Labute approximate surface area is 90.4 Å². The van der Waals surface area contributed by atoms with Gasteiger partial charge >= 0.3 is 0 Å². The number of rotatable bonds is 3. The maximum Gasteiger partial charge on any atom is 0.248 e. The van der Waals surface area contributed by atoms with Gasteiger partial charge in [0.25, 0.3) is 0 Å². The van der Waals surface area contributed by atoms with Crippen molar-refractivity contribution in [1.82, 2.24) is 0 Å². The van der Waals surface area contributed by atoms with E-state index >= 15 is 0 Å². The standard InChI is InChI=1S/C10H10BrNO2/c11-8-5-6(10(12)13)1-4-9(8)14-7-2-3-7/h1,4-5,7H,2-3H2,(H2,12,13). The lowest BCUT2D eigenvalue weighted by molar-refractivity contribution is 0.1000. The molecule has 1 saturated carbocycles. The summed E-state index contributed by atoms with van der Waals surface area (Å²) in [5.41, 5.74) is 5.63. The Kier molecular flexibility index (Phi) is 2.46. The van der Waals surface area contributed by atoms with Crippen molar-refractivity contribution >= 4 is 21.8 Å². The number of primary amides is 1. The molecule has 1 amide bonds. The molecule has 74 valence electrons. The molecule has 0 aromatic heterocycles. The van der Waals surface area contributed by atoms with Crippen LogP contribution in [0.3, 0.4) is 0 Å². The van der Waals surface area contributed by atoms with E-state index in [9.17, 15) is 4.79 Å². The fourth-order valence-electron chi connectivity index (χ4n) is 1.12. The van der Waals surface area contributed by atoms with E-state index in [0.717, 1.165) is 23.1 Å². The van der Waals surface area contributed by atoms with Crippen molar-refractivity contribution < 1.29 is 9.53 Å². The van der Waals surface area contributed by atoms with Gasteiger partial charge in [0.05, 0.1) is 10.6 Å². The summed E-state index contributed by atoms with van der Waals surface area (Å²) in [6, 6.07) is 5.12. The summed E-state index contributed by atoms with van der Waals surface area (Å²) in [6.07, 6.45) is 2.58. The summed E-state index contributed by atoms with van der Waals surface area (Å²) in [7, 11) is 0. The molecule has 0 spiro atoms. The van der Waals surface area contributed by atoms with Gasteiger partial charge in [-0.25, -0.2) is 0 Å². The molecule has 0 saturated heterocycles. The zero-order chi connectivity index (χ0) is 10.1. The Morgan fingerprint density at radius 3 is 2.71 bits per heavy atom. The van der Waals surface area contributed by atoms with Crippen LogP contribution in [0, 0.1) is 0 Å². The summed E-state index contributed by atoms with van der Waals surface area (Å²) in [6.45, 7) is 0. The smallest absolute Gasteiger partial charge is 0.248 e. The topological polar surface area (TPSA) is 52.3 Å². The zero-order valence-corrected chi connectivity index (χ0v) is 9.08. The third-order valence-electron chi connectivity index (χ3n) is 2.03. The second-order valence-corrected chi connectivity index (χ2v) is 4.18. The van der Waals surface area contributed by atoms with Crippen LogP contribution in [0.2, 0.25) is 0 Å². The molecule has 1 aliphatic carbocycles. The summed E-state index contributed by atoms with van der Waals surface area (Å²) >= 11 is 3.34. The van der Waals surface area contributed by atoms with Crippen molar-refractivity contribution in [3.8, 4) is 5.75 Å². The molecule has 0 aliphatic heterocycles. The van der Waals surface area contributed by atoms with Crippen LogP contribution < -0.4 is 10.5 Å². The lowest BCUT2D eigenvalue weighted by atomic mass is 10.2. The molecule has 2 rings (SSSR count). The maximum atomic E-state index is 10.9. The minimum atomic E-state index is -0.427. The first-order valence-electron chi connectivity index (χ1n) is 4.43. The van der Waals surface area contributed by atoms with E-state index in [0.29, 0.717) is 11.7 Å². The predicted octanol–water partition coefficient (Wildman–Crippen LogP) is 2.09. The molecule has 1 aliphatic rings. The minimum Gasteiger partial charge on any atom is -0.489 e. The average molecular weight is 256 g/mol. The van der Waals surface area contributed by atoms with Gasteiger partial charge in [-0.1, -0.05) is 0 Å². The average Bonchev–Trinajstić information content (AvgIpc) is 2.92. The minimum absolute atomic E-state index is 0.353. The van der Waals surface area contributed by atoms with Gasteiger partial charge in [-0.15, -0.1) is 0 Å². The Bertz CT molecular complexity index is 374. The van der Waals surface area contributed by atoms with Gasteiger partial charge in [-0.3, -0.25) is 4.79 Å². The molecule has 0 unspecified atom stereocenters. The summed E-state index contributed by atoms with van der Waals surface area (Å²) in [4.78, 5) is 10.9. The third kappa shape index (κ3) is 2.07. The lowest BCUT2D eigenvalue weighted by Gasteiger charge is -2.07. The highest BCUT2D eigenvalue weighted by atomic mass is 79.9. The molecule has 1 aromatic carbocycles. The van der Waals surface area contributed by atoms with Gasteiger partial charge in [-0.2, -0.15) is 0 Å². The Hall–Kier alpha value is -1.03. The van der Waals surface area contributed by atoms with E-state index in [-0.39, 0.29) is 0 Å². The molecule has 0 atom stereocenters. The monoisotopic (exact) mass is 255 g/mol. The van der Waals surface area contributed by atoms with E-state index in [4.69, 9.17) is 10.5 Å². The van der Waals surface area contributed by atoms with Crippen LogP contribution in [-0.4, -0.2) is 12.0 Å². The largest absolute Gasteiger partial charge is 0.489 e. The number of ether oxygens (including phenoxy) is 1. The van der Waals surface area contributed by atoms with Crippen LogP contribution in [0.1, 0.15) is 23.2 Å². The molecule has 4 heteroatoms. The van der Waals surface area contributed by atoms with E-state index < -0.39 is 5.91 Å². The van der Waals surface area contributed by atoms with E-state index in [1.54, 1.807) is 18.2 Å². The van der Waals surface area contributed by atoms with Crippen molar-refractivity contribution in [2.45, 2.75) is 18.9 Å². The Morgan fingerprint density at radius 1 is 1.50 bits per heavy atom. The van der Waals surface area contributed by atoms with E-state index in [1.165, 1.54) is 0 Å². The number of hydrogen-bond acceptors (Lipinski definition) is 2. The number of hydrogen-bond donors (Lipinski definition) is 1. The number of benzene rings is 1. The van der Waals surface area contributed by atoms with Crippen molar-refractivity contribution in [3.63, 3.8) is 0 Å². The molecule has 1 aromatic rings. The zero-order valence-electron chi connectivity index (χ0n) is 7.50. The molecule has 0 radical (unpaired) electrons. The van der Waals surface area contributed by atoms with Crippen LogP contribution in [0.4, 0.5) is 0 Å². The summed E-state index contributed by atoms with van der Waals surface area (Å²) < 4.78 is 6.37. The predicted molar refractivity (Wildman–Crippen MR) is 56.3 cm³/mol. The van der Waals surface area contributed by atoms with Gasteiger partial charge in [0.2, 0.25) is 5.91 Å². The van der Waals surface area contributed by atoms with E-state index in [2.05, 4.69) is 15.9 Å². The lowest BCUT2D eigenvalue weighted by Crippen LogP contribution is -2.10. The van der Waals surface area contributed by atoms with Crippen molar-refractivity contribution in [2.24, 2.45) is 5.73 Å². The fourth-order valence-corrected chi connectivity index (χ4v) is 1.59.